The molecule has 1 aliphatic rings. The number of aliphatic imine (C=N–C) groups is 1. The summed E-state index contributed by atoms with van der Waals surface area (Å²) >= 11 is 12.5. The quantitative estimate of drug-likeness (QED) is 0.689. The number of hydrogen-bond acceptors (Lipinski definition) is 2. The van der Waals surface area contributed by atoms with Crippen molar-refractivity contribution >= 4 is 39.9 Å². The molecule has 1 aliphatic heterocycles. The van der Waals surface area contributed by atoms with Crippen LogP contribution in [0.1, 0.15) is 11.1 Å². The highest BCUT2D eigenvalue weighted by Crippen LogP contribution is 2.36. The molecule has 2 N–H and O–H groups in total. The van der Waals surface area contributed by atoms with E-state index in [9.17, 15) is 0 Å². The Bertz CT molecular complexity index is 941. The summed E-state index contributed by atoms with van der Waals surface area (Å²) in [5.74, 6) is 0.919. The molecule has 0 atom stereocenters. The molecule has 0 fully saturated rings. The lowest BCUT2D eigenvalue weighted by Crippen LogP contribution is -2.19. The van der Waals surface area contributed by atoms with Gasteiger partial charge < -0.3 is 10.3 Å². The fourth-order valence-corrected chi connectivity index (χ4v) is 3.51. The van der Waals surface area contributed by atoms with Crippen LogP contribution in [-0.2, 0) is 0 Å². The highest BCUT2D eigenvalue weighted by atomic mass is 35.5. The monoisotopic (exact) mass is 343 g/mol. The van der Waals surface area contributed by atoms with Crippen molar-refractivity contribution in [3.8, 4) is 11.3 Å². The number of benzene rings is 2. The average Bonchev–Trinajstić information content (AvgIpc) is 3.13. The van der Waals surface area contributed by atoms with Gasteiger partial charge in [0.05, 0.1) is 17.3 Å². The van der Waals surface area contributed by atoms with Crippen molar-refractivity contribution in [1.82, 2.24) is 10.3 Å². The molecule has 3 nitrogen and oxygen atoms in total. The van der Waals surface area contributed by atoms with Gasteiger partial charge in [-0.15, -0.1) is 0 Å². The summed E-state index contributed by atoms with van der Waals surface area (Å²) in [6.07, 6.45) is 0. The van der Waals surface area contributed by atoms with Crippen LogP contribution in [0.15, 0.2) is 41.4 Å². The molecule has 0 saturated carbocycles. The van der Waals surface area contributed by atoms with Gasteiger partial charge in [-0.05, 0) is 37.3 Å². The van der Waals surface area contributed by atoms with E-state index in [4.69, 9.17) is 23.2 Å². The molecule has 0 radical (unpaired) electrons. The van der Waals surface area contributed by atoms with E-state index in [-0.39, 0.29) is 0 Å². The minimum Gasteiger partial charge on any atom is -0.368 e. The van der Waals surface area contributed by atoms with E-state index in [1.165, 1.54) is 5.56 Å². The minimum absolute atomic E-state index is 0.626. The van der Waals surface area contributed by atoms with Gasteiger partial charge in [0.15, 0.2) is 0 Å². The van der Waals surface area contributed by atoms with Gasteiger partial charge in [-0.2, -0.15) is 0 Å². The first kappa shape index (κ1) is 14.6. The van der Waals surface area contributed by atoms with Gasteiger partial charge in [0.25, 0.3) is 0 Å². The van der Waals surface area contributed by atoms with Crippen molar-refractivity contribution in [3.63, 3.8) is 0 Å². The summed E-state index contributed by atoms with van der Waals surface area (Å²) in [6, 6.07) is 11.9. The van der Waals surface area contributed by atoms with Crippen molar-refractivity contribution < 1.29 is 0 Å². The fourth-order valence-electron chi connectivity index (χ4n) is 3.01. The highest BCUT2D eigenvalue weighted by Gasteiger charge is 2.21. The zero-order valence-corrected chi connectivity index (χ0v) is 14.1. The second kappa shape index (κ2) is 5.59. The first-order valence-corrected chi connectivity index (χ1v) is 8.25. The van der Waals surface area contributed by atoms with Crippen LogP contribution in [0.2, 0.25) is 10.0 Å². The second-order valence-corrected chi connectivity index (χ2v) is 6.55. The lowest BCUT2D eigenvalue weighted by atomic mass is 10.0. The molecule has 23 heavy (non-hydrogen) atoms. The number of nitrogens with zero attached hydrogens (tertiary/aromatic N) is 1. The number of aromatic nitrogens is 1. The molecule has 4 rings (SSSR count). The molecule has 5 heteroatoms. The summed E-state index contributed by atoms with van der Waals surface area (Å²) in [7, 11) is 0. The van der Waals surface area contributed by atoms with Crippen molar-refractivity contribution in [1.29, 1.82) is 0 Å². The number of aromatic amines is 1. The smallest absolute Gasteiger partial charge is 0.131 e. The zero-order valence-electron chi connectivity index (χ0n) is 12.6. The number of rotatable bonds is 2. The Labute approximate surface area is 144 Å². The highest BCUT2D eigenvalue weighted by molar-refractivity contribution is 6.36. The SMILES string of the molecule is Cc1ccc2[nH]c(-c3ccc(Cl)cc3Cl)c(C3=NCCN3)c2c1. The maximum absolute atomic E-state index is 6.44. The van der Waals surface area contributed by atoms with Crippen LogP contribution < -0.4 is 5.32 Å². The van der Waals surface area contributed by atoms with Crippen LogP contribution in [0.5, 0.6) is 0 Å². The Balaban J connectivity index is 2.04. The van der Waals surface area contributed by atoms with E-state index in [1.807, 2.05) is 12.1 Å². The summed E-state index contributed by atoms with van der Waals surface area (Å²) in [4.78, 5) is 8.10. The normalized spacial score (nSPS) is 14.1. The Morgan fingerprint density at radius 1 is 1.09 bits per heavy atom. The van der Waals surface area contributed by atoms with E-state index in [1.54, 1.807) is 6.07 Å². The van der Waals surface area contributed by atoms with Crippen LogP contribution >= 0.6 is 23.2 Å². The van der Waals surface area contributed by atoms with Crippen molar-refractivity contribution in [2.45, 2.75) is 6.92 Å². The van der Waals surface area contributed by atoms with Crippen LogP contribution in [-0.4, -0.2) is 23.9 Å². The van der Waals surface area contributed by atoms with E-state index in [0.717, 1.165) is 46.6 Å². The van der Waals surface area contributed by atoms with E-state index >= 15 is 0 Å². The van der Waals surface area contributed by atoms with Crippen LogP contribution in [0, 0.1) is 6.92 Å². The summed E-state index contributed by atoms with van der Waals surface area (Å²) in [6.45, 7) is 3.75. The number of hydrogen-bond donors (Lipinski definition) is 2. The van der Waals surface area contributed by atoms with Crippen molar-refractivity contribution in [3.05, 3.63) is 57.6 Å². The Hall–Kier alpha value is -1.97. The predicted octanol–water partition coefficient (Wildman–Crippen LogP) is 4.80. The van der Waals surface area contributed by atoms with Gasteiger partial charge in [-0.3, -0.25) is 4.99 Å². The fraction of sp³-hybridized carbons (Fsp3) is 0.167. The largest absolute Gasteiger partial charge is 0.368 e. The molecule has 0 saturated heterocycles. The number of H-pyrrole nitrogens is 1. The van der Waals surface area contributed by atoms with E-state index in [0.29, 0.717) is 10.0 Å². The summed E-state index contributed by atoms with van der Waals surface area (Å²) in [5, 5.41) is 5.78. The molecule has 1 aromatic heterocycles. The lowest BCUT2D eigenvalue weighted by Gasteiger charge is -2.08. The van der Waals surface area contributed by atoms with Gasteiger partial charge in [0, 0.05) is 33.6 Å². The molecule has 0 aliphatic carbocycles. The van der Waals surface area contributed by atoms with Gasteiger partial charge in [0.2, 0.25) is 0 Å². The van der Waals surface area contributed by atoms with Crippen LogP contribution in [0.3, 0.4) is 0 Å². The topological polar surface area (TPSA) is 40.2 Å². The number of amidine groups is 1. The summed E-state index contributed by atoms with van der Waals surface area (Å²) < 4.78 is 0. The maximum Gasteiger partial charge on any atom is 0.131 e. The minimum atomic E-state index is 0.626. The van der Waals surface area contributed by atoms with Gasteiger partial charge >= 0.3 is 0 Å². The van der Waals surface area contributed by atoms with Gasteiger partial charge in [0.1, 0.15) is 5.84 Å². The van der Waals surface area contributed by atoms with E-state index in [2.05, 4.69) is 40.4 Å². The first-order chi connectivity index (χ1) is 11.1. The molecular weight excluding hydrogens is 329 g/mol. The third-order valence-electron chi connectivity index (χ3n) is 4.07. The average molecular weight is 344 g/mol. The van der Waals surface area contributed by atoms with Crippen molar-refractivity contribution in [2.24, 2.45) is 4.99 Å². The third kappa shape index (κ3) is 2.50. The molecule has 2 aromatic carbocycles. The molecule has 116 valence electrons. The van der Waals surface area contributed by atoms with Crippen molar-refractivity contribution in [2.75, 3.05) is 13.1 Å². The Morgan fingerprint density at radius 2 is 1.96 bits per heavy atom. The predicted molar refractivity (Wildman–Crippen MR) is 97.9 cm³/mol. The second-order valence-electron chi connectivity index (χ2n) is 5.71. The number of nitrogens with one attached hydrogen (secondary N) is 2. The molecule has 0 bridgehead atoms. The number of aryl methyl sites for hydroxylation is 1. The first-order valence-electron chi connectivity index (χ1n) is 7.50. The zero-order chi connectivity index (χ0) is 16.0. The Morgan fingerprint density at radius 3 is 2.70 bits per heavy atom. The standard InChI is InChI=1S/C18H15Cl2N3/c1-10-2-5-15-13(8-10)16(18-21-6-7-22-18)17(23-15)12-4-3-11(19)9-14(12)20/h2-5,8-9,23H,6-7H2,1H3,(H,21,22). The summed E-state index contributed by atoms with van der Waals surface area (Å²) in [5.41, 5.74) is 5.26. The molecule has 0 unspecified atom stereocenters. The van der Waals surface area contributed by atoms with Crippen LogP contribution in [0.25, 0.3) is 22.2 Å². The Kier molecular flexibility index (Phi) is 3.55. The number of fused-ring (bicyclic) bond motifs is 1. The third-order valence-corrected chi connectivity index (χ3v) is 4.61. The molecule has 2 heterocycles. The lowest BCUT2D eigenvalue weighted by molar-refractivity contribution is 0.960. The van der Waals surface area contributed by atoms with Crippen LogP contribution in [0.4, 0.5) is 0 Å². The maximum atomic E-state index is 6.44. The molecule has 3 aromatic rings. The van der Waals surface area contributed by atoms with Gasteiger partial charge in [-0.1, -0.05) is 34.8 Å². The molecule has 0 amide bonds. The van der Waals surface area contributed by atoms with E-state index < -0.39 is 0 Å². The van der Waals surface area contributed by atoms with Gasteiger partial charge in [-0.25, -0.2) is 0 Å². The molecular formula is C18H15Cl2N3. The molecule has 0 spiro atoms. The number of halogens is 2.